The van der Waals surface area contributed by atoms with Crippen molar-refractivity contribution in [1.82, 2.24) is 9.78 Å². The van der Waals surface area contributed by atoms with Crippen LogP contribution in [0.25, 0.3) is 5.69 Å². The van der Waals surface area contributed by atoms with Gasteiger partial charge in [0.25, 0.3) is 0 Å². The van der Waals surface area contributed by atoms with E-state index in [-0.39, 0.29) is 0 Å². The first-order valence-electron chi connectivity index (χ1n) is 6.42. The maximum absolute atomic E-state index is 10.4. The van der Waals surface area contributed by atoms with E-state index in [1.807, 2.05) is 32.0 Å². The molecule has 0 unspecified atom stereocenters. The smallest absolute Gasteiger partial charge is 0.108 e. The van der Waals surface area contributed by atoms with E-state index in [1.54, 1.807) is 23.0 Å². The van der Waals surface area contributed by atoms with E-state index in [1.165, 1.54) is 0 Å². The standard InChI is InChI=1S/C15H17N3O/c1-3-15(19,4-2)14-9-10-18(17-14)13-8-6-5-7-12(13)11-16/h5-10,19H,3-4H2,1-2H3. The summed E-state index contributed by atoms with van der Waals surface area (Å²) in [6, 6.07) is 11.2. The number of nitriles is 1. The molecule has 1 N–H and O–H groups in total. The van der Waals surface area contributed by atoms with E-state index >= 15 is 0 Å². The van der Waals surface area contributed by atoms with Crippen molar-refractivity contribution in [3.63, 3.8) is 0 Å². The molecule has 0 atom stereocenters. The first-order chi connectivity index (χ1) is 9.14. The van der Waals surface area contributed by atoms with Crippen LogP contribution in [0.5, 0.6) is 0 Å². The van der Waals surface area contributed by atoms with Crippen LogP contribution in [0, 0.1) is 11.3 Å². The van der Waals surface area contributed by atoms with Gasteiger partial charge in [-0.1, -0.05) is 26.0 Å². The van der Waals surface area contributed by atoms with E-state index < -0.39 is 5.60 Å². The second-order valence-corrected chi connectivity index (χ2v) is 4.51. The minimum absolute atomic E-state index is 0.564. The summed E-state index contributed by atoms with van der Waals surface area (Å²) in [6.45, 7) is 3.87. The van der Waals surface area contributed by atoms with Crippen molar-refractivity contribution in [2.45, 2.75) is 32.3 Å². The Balaban J connectivity index is 2.45. The third-order valence-electron chi connectivity index (χ3n) is 3.51. The molecule has 1 aromatic carbocycles. The fourth-order valence-electron chi connectivity index (χ4n) is 2.09. The highest BCUT2D eigenvalue weighted by Crippen LogP contribution is 2.27. The minimum atomic E-state index is -0.896. The van der Waals surface area contributed by atoms with Crippen molar-refractivity contribution in [3.05, 3.63) is 47.8 Å². The summed E-state index contributed by atoms with van der Waals surface area (Å²) < 4.78 is 1.64. The second kappa shape index (κ2) is 5.25. The van der Waals surface area contributed by atoms with E-state index in [4.69, 9.17) is 5.26 Å². The number of aliphatic hydroxyl groups is 1. The first-order valence-corrected chi connectivity index (χ1v) is 6.42. The fraction of sp³-hybridized carbons (Fsp3) is 0.333. The van der Waals surface area contributed by atoms with Crippen molar-refractivity contribution in [2.75, 3.05) is 0 Å². The Morgan fingerprint density at radius 2 is 1.95 bits per heavy atom. The summed E-state index contributed by atoms with van der Waals surface area (Å²) in [7, 11) is 0. The zero-order valence-electron chi connectivity index (χ0n) is 11.2. The molecule has 2 aromatic rings. The van der Waals surface area contributed by atoms with Crippen LogP contribution < -0.4 is 0 Å². The van der Waals surface area contributed by atoms with Gasteiger partial charge in [0.1, 0.15) is 11.7 Å². The normalized spacial score (nSPS) is 11.3. The molecule has 0 fully saturated rings. The third kappa shape index (κ3) is 2.38. The lowest BCUT2D eigenvalue weighted by molar-refractivity contribution is 0.0237. The van der Waals surface area contributed by atoms with Gasteiger partial charge in [0.05, 0.1) is 16.9 Å². The van der Waals surface area contributed by atoms with Gasteiger partial charge in [-0.3, -0.25) is 0 Å². The van der Waals surface area contributed by atoms with Crippen molar-refractivity contribution in [3.8, 4) is 11.8 Å². The molecule has 0 aliphatic carbocycles. The summed E-state index contributed by atoms with van der Waals surface area (Å²) in [6.07, 6.45) is 3.00. The number of aromatic nitrogens is 2. The van der Waals surface area contributed by atoms with Crippen LogP contribution in [0.1, 0.15) is 37.9 Å². The lowest BCUT2D eigenvalue weighted by Crippen LogP contribution is -2.24. The lowest BCUT2D eigenvalue weighted by Gasteiger charge is -2.22. The Kier molecular flexibility index (Phi) is 3.68. The Morgan fingerprint density at radius 1 is 1.26 bits per heavy atom. The van der Waals surface area contributed by atoms with Crippen LogP contribution in [0.2, 0.25) is 0 Å². The largest absolute Gasteiger partial charge is 0.384 e. The molecule has 2 rings (SSSR count). The van der Waals surface area contributed by atoms with Crippen LogP contribution in [-0.2, 0) is 5.60 Å². The number of benzene rings is 1. The molecule has 0 bridgehead atoms. The van der Waals surface area contributed by atoms with Crippen molar-refractivity contribution in [1.29, 1.82) is 5.26 Å². The molecule has 1 aromatic heterocycles. The van der Waals surface area contributed by atoms with Crippen molar-refractivity contribution < 1.29 is 5.11 Å². The molecule has 0 saturated carbocycles. The molecule has 0 amide bonds. The van der Waals surface area contributed by atoms with E-state index in [2.05, 4.69) is 11.2 Å². The molecule has 0 aliphatic heterocycles. The van der Waals surface area contributed by atoms with Crippen LogP contribution in [0.3, 0.4) is 0 Å². The van der Waals surface area contributed by atoms with Gasteiger partial charge in [0, 0.05) is 6.20 Å². The monoisotopic (exact) mass is 255 g/mol. The molecule has 0 radical (unpaired) electrons. The number of hydrogen-bond acceptors (Lipinski definition) is 3. The molecule has 19 heavy (non-hydrogen) atoms. The highest BCUT2D eigenvalue weighted by molar-refractivity contribution is 5.48. The maximum atomic E-state index is 10.4. The third-order valence-corrected chi connectivity index (χ3v) is 3.51. The molecule has 0 spiro atoms. The summed E-state index contributed by atoms with van der Waals surface area (Å²) >= 11 is 0. The van der Waals surface area contributed by atoms with Crippen molar-refractivity contribution in [2.24, 2.45) is 0 Å². The molecule has 0 saturated heterocycles. The maximum Gasteiger partial charge on any atom is 0.108 e. The summed E-state index contributed by atoms with van der Waals surface area (Å²) in [4.78, 5) is 0. The number of para-hydroxylation sites is 1. The lowest BCUT2D eigenvalue weighted by atomic mass is 9.94. The fourth-order valence-corrected chi connectivity index (χ4v) is 2.09. The summed E-state index contributed by atoms with van der Waals surface area (Å²) in [5.41, 5.74) is 1.04. The molecule has 0 aliphatic rings. The van der Waals surface area contributed by atoms with Crippen LogP contribution in [0.15, 0.2) is 36.5 Å². The van der Waals surface area contributed by atoms with Gasteiger partial charge in [-0.25, -0.2) is 4.68 Å². The molecule has 98 valence electrons. The average molecular weight is 255 g/mol. The molecule has 4 heteroatoms. The van der Waals surface area contributed by atoms with E-state index in [0.29, 0.717) is 24.1 Å². The van der Waals surface area contributed by atoms with Gasteiger partial charge in [-0.2, -0.15) is 10.4 Å². The first kappa shape index (κ1) is 13.3. The topological polar surface area (TPSA) is 61.8 Å². The van der Waals surface area contributed by atoms with Gasteiger partial charge in [0.15, 0.2) is 0 Å². The highest BCUT2D eigenvalue weighted by atomic mass is 16.3. The van der Waals surface area contributed by atoms with Crippen LogP contribution >= 0.6 is 0 Å². The Hall–Kier alpha value is -2.12. The zero-order valence-corrected chi connectivity index (χ0v) is 11.2. The summed E-state index contributed by atoms with van der Waals surface area (Å²) in [5, 5.41) is 24.0. The summed E-state index contributed by atoms with van der Waals surface area (Å²) in [5.74, 6) is 0. The quantitative estimate of drug-likeness (QED) is 0.913. The van der Waals surface area contributed by atoms with E-state index in [0.717, 1.165) is 5.69 Å². The molecule has 1 heterocycles. The SMILES string of the molecule is CCC(O)(CC)c1ccn(-c2ccccc2C#N)n1. The number of rotatable bonds is 4. The number of hydrogen-bond donors (Lipinski definition) is 1. The van der Waals surface area contributed by atoms with Crippen molar-refractivity contribution >= 4 is 0 Å². The second-order valence-electron chi connectivity index (χ2n) is 4.51. The number of nitrogens with zero attached hydrogens (tertiary/aromatic N) is 3. The van der Waals surface area contributed by atoms with Gasteiger partial charge >= 0.3 is 0 Å². The molecular weight excluding hydrogens is 238 g/mol. The molecular formula is C15H17N3O. The van der Waals surface area contributed by atoms with Gasteiger partial charge in [0.2, 0.25) is 0 Å². The predicted octanol–water partition coefficient (Wildman–Crippen LogP) is 2.75. The van der Waals surface area contributed by atoms with Gasteiger partial charge in [-0.05, 0) is 31.0 Å². The minimum Gasteiger partial charge on any atom is -0.384 e. The van der Waals surface area contributed by atoms with E-state index in [9.17, 15) is 5.11 Å². The zero-order chi connectivity index (χ0) is 13.9. The van der Waals surface area contributed by atoms with Gasteiger partial charge < -0.3 is 5.11 Å². The Labute approximate surface area is 112 Å². The van der Waals surface area contributed by atoms with Crippen LogP contribution in [0.4, 0.5) is 0 Å². The predicted molar refractivity (Wildman–Crippen MR) is 72.8 cm³/mol. The molecule has 4 nitrogen and oxygen atoms in total. The average Bonchev–Trinajstić information content (AvgIpc) is 2.96. The Bertz CT molecular complexity index is 606. The Morgan fingerprint density at radius 3 is 2.58 bits per heavy atom. The van der Waals surface area contributed by atoms with Gasteiger partial charge in [-0.15, -0.1) is 0 Å². The van der Waals surface area contributed by atoms with Crippen LogP contribution in [-0.4, -0.2) is 14.9 Å². The highest BCUT2D eigenvalue weighted by Gasteiger charge is 2.27.